The topological polar surface area (TPSA) is 55.1 Å². The summed E-state index contributed by atoms with van der Waals surface area (Å²) in [5.74, 6) is 3.92. The molecule has 0 saturated carbocycles. The number of hydrogen-bond donors (Lipinski definition) is 2. The van der Waals surface area contributed by atoms with Crippen LogP contribution in [-0.4, -0.2) is 41.5 Å². The molecule has 0 radical (unpaired) electrons. The van der Waals surface area contributed by atoms with Crippen LogP contribution in [0.25, 0.3) is 0 Å². The molecule has 3 nitrogen and oxygen atoms in total. The average molecular weight is 262 g/mol. The van der Waals surface area contributed by atoms with E-state index < -0.39 is 0 Å². The fourth-order valence-corrected chi connectivity index (χ4v) is 4.21. The molecule has 2 unspecified atom stereocenters. The van der Waals surface area contributed by atoms with E-state index in [9.17, 15) is 4.79 Å². The van der Waals surface area contributed by atoms with Gasteiger partial charge in [0, 0.05) is 35.0 Å². The van der Waals surface area contributed by atoms with E-state index in [2.05, 4.69) is 5.32 Å². The molecule has 0 aliphatic carbocycles. The van der Waals surface area contributed by atoms with E-state index in [1.54, 1.807) is 0 Å². The lowest BCUT2D eigenvalue weighted by Gasteiger charge is -2.22. The molecule has 1 fully saturated rings. The molecule has 1 aliphatic rings. The van der Waals surface area contributed by atoms with Crippen molar-refractivity contribution in [2.45, 2.75) is 25.0 Å². The van der Waals surface area contributed by atoms with Crippen molar-refractivity contribution < 1.29 is 4.79 Å². The average Bonchev–Trinajstić information content (AvgIpc) is 2.34. The lowest BCUT2D eigenvalue weighted by Crippen LogP contribution is -2.36. The van der Waals surface area contributed by atoms with E-state index in [1.165, 1.54) is 17.3 Å². The largest absolute Gasteiger partial charge is 0.355 e. The summed E-state index contributed by atoms with van der Waals surface area (Å²) in [7, 11) is 0. The number of hydrogen-bond acceptors (Lipinski definition) is 4. The molecule has 0 bridgehead atoms. The van der Waals surface area contributed by atoms with E-state index in [4.69, 9.17) is 5.73 Å². The summed E-state index contributed by atoms with van der Waals surface area (Å²) in [4.78, 5) is 11.7. The van der Waals surface area contributed by atoms with Gasteiger partial charge in [-0.1, -0.05) is 6.92 Å². The molecule has 2 atom stereocenters. The number of carbonyl (C=O) groups excluding carboxylic acids is 1. The summed E-state index contributed by atoms with van der Waals surface area (Å²) in [5.41, 5.74) is 5.43. The highest BCUT2D eigenvalue weighted by Crippen LogP contribution is 2.23. The smallest absolute Gasteiger partial charge is 0.222 e. The molecule has 1 aliphatic heterocycles. The van der Waals surface area contributed by atoms with Crippen molar-refractivity contribution in [3.05, 3.63) is 0 Å². The van der Waals surface area contributed by atoms with Crippen LogP contribution in [0.15, 0.2) is 0 Å². The first-order valence-corrected chi connectivity index (χ1v) is 8.11. The van der Waals surface area contributed by atoms with Crippen LogP contribution in [0.1, 0.15) is 19.8 Å². The minimum absolute atomic E-state index is 0.102. The van der Waals surface area contributed by atoms with Crippen molar-refractivity contribution in [3.8, 4) is 0 Å². The van der Waals surface area contributed by atoms with E-state index in [-0.39, 0.29) is 11.8 Å². The number of rotatable bonds is 6. The van der Waals surface area contributed by atoms with Gasteiger partial charge in [-0.25, -0.2) is 0 Å². The van der Waals surface area contributed by atoms with Crippen LogP contribution < -0.4 is 11.1 Å². The molecule has 16 heavy (non-hydrogen) atoms. The molecule has 0 aromatic rings. The molecular formula is C11H22N2OS2. The standard InChI is InChI=1S/C11H22N2OS2/c1-9(3-2-4-12)11(14)13-7-10-8-15-5-6-16-10/h9-10H,2-8,12H2,1H3,(H,13,14). The Hall–Kier alpha value is 0.130. The Labute approximate surface area is 107 Å². The predicted octanol–water partition coefficient (Wildman–Crippen LogP) is 1.33. The lowest BCUT2D eigenvalue weighted by molar-refractivity contribution is -0.124. The summed E-state index contributed by atoms with van der Waals surface area (Å²) in [6.07, 6.45) is 1.83. The Morgan fingerprint density at radius 3 is 3.00 bits per heavy atom. The highest BCUT2D eigenvalue weighted by molar-refractivity contribution is 8.06. The van der Waals surface area contributed by atoms with Crippen LogP contribution in [0.2, 0.25) is 0 Å². The Morgan fingerprint density at radius 2 is 2.38 bits per heavy atom. The van der Waals surface area contributed by atoms with Gasteiger partial charge in [-0.3, -0.25) is 4.79 Å². The normalized spacial score (nSPS) is 22.8. The Kier molecular flexibility index (Phi) is 7.32. The van der Waals surface area contributed by atoms with Gasteiger partial charge in [0.1, 0.15) is 0 Å². The van der Waals surface area contributed by atoms with E-state index in [1.807, 2.05) is 30.4 Å². The first-order chi connectivity index (χ1) is 7.74. The van der Waals surface area contributed by atoms with E-state index >= 15 is 0 Å². The van der Waals surface area contributed by atoms with Crippen LogP contribution >= 0.6 is 23.5 Å². The van der Waals surface area contributed by atoms with Crippen molar-refractivity contribution >= 4 is 29.4 Å². The predicted molar refractivity (Wildman–Crippen MR) is 74.0 cm³/mol. The van der Waals surface area contributed by atoms with Crippen molar-refractivity contribution in [3.63, 3.8) is 0 Å². The van der Waals surface area contributed by atoms with E-state index in [0.29, 0.717) is 11.8 Å². The first-order valence-electron chi connectivity index (χ1n) is 5.91. The third-order valence-corrected chi connectivity index (χ3v) is 5.52. The first kappa shape index (κ1) is 14.2. The van der Waals surface area contributed by atoms with Crippen LogP contribution in [0.3, 0.4) is 0 Å². The molecule has 0 aromatic heterocycles. The summed E-state index contributed by atoms with van der Waals surface area (Å²) < 4.78 is 0. The maximum absolute atomic E-state index is 11.7. The molecule has 3 N–H and O–H groups in total. The second-order valence-corrected chi connectivity index (χ2v) is 6.70. The summed E-state index contributed by atoms with van der Waals surface area (Å²) in [6, 6.07) is 0. The fourth-order valence-electron chi connectivity index (χ4n) is 1.60. The zero-order chi connectivity index (χ0) is 11.8. The maximum atomic E-state index is 11.7. The fraction of sp³-hybridized carbons (Fsp3) is 0.909. The SMILES string of the molecule is CC(CCCN)C(=O)NCC1CSCCS1. The van der Waals surface area contributed by atoms with Gasteiger partial charge in [-0.2, -0.15) is 23.5 Å². The summed E-state index contributed by atoms with van der Waals surface area (Å²) in [6.45, 7) is 3.48. The Balaban J connectivity index is 2.12. The minimum atomic E-state index is 0.102. The van der Waals surface area contributed by atoms with E-state index in [0.717, 1.165) is 19.4 Å². The Bertz CT molecular complexity index is 208. The number of nitrogens with one attached hydrogen (secondary N) is 1. The van der Waals surface area contributed by atoms with Crippen LogP contribution in [0.5, 0.6) is 0 Å². The van der Waals surface area contributed by atoms with Crippen molar-refractivity contribution in [2.24, 2.45) is 11.7 Å². The second kappa shape index (κ2) is 8.25. The lowest BCUT2D eigenvalue weighted by atomic mass is 10.1. The zero-order valence-corrected chi connectivity index (χ0v) is 11.5. The molecular weight excluding hydrogens is 240 g/mol. The molecule has 5 heteroatoms. The number of nitrogens with two attached hydrogens (primary N) is 1. The molecule has 1 rings (SSSR count). The highest BCUT2D eigenvalue weighted by atomic mass is 32.2. The van der Waals surface area contributed by atoms with Gasteiger partial charge in [-0.15, -0.1) is 0 Å². The van der Waals surface area contributed by atoms with Gasteiger partial charge < -0.3 is 11.1 Å². The molecule has 1 heterocycles. The number of thioether (sulfide) groups is 2. The van der Waals surface area contributed by atoms with Gasteiger partial charge in [-0.05, 0) is 19.4 Å². The van der Waals surface area contributed by atoms with Crippen molar-refractivity contribution in [2.75, 3.05) is 30.3 Å². The molecule has 94 valence electrons. The van der Waals surface area contributed by atoms with Crippen LogP contribution in [0, 0.1) is 5.92 Å². The monoisotopic (exact) mass is 262 g/mol. The highest BCUT2D eigenvalue weighted by Gasteiger charge is 2.17. The van der Waals surface area contributed by atoms with Gasteiger partial charge in [0.15, 0.2) is 0 Å². The molecule has 0 aromatic carbocycles. The van der Waals surface area contributed by atoms with Gasteiger partial charge in [0.05, 0.1) is 0 Å². The maximum Gasteiger partial charge on any atom is 0.222 e. The zero-order valence-electron chi connectivity index (χ0n) is 9.91. The molecule has 1 saturated heterocycles. The number of amides is 1. The number of carbonyl (C=O) groups is 1. The van der Waals surface area contributed by atoms with Gasteiger partial charge in [0.2, 0.25) is 5.91 Å². The molecule has 1 amide bonds. The van der Waals surface area contributed by atoms with Crippen LogP contribution in [0.4, 0.5) is 0 Å². The van der Waals surface area contributed by atoms with Crippen LogP contribution in [-0.2, 0) is 4.79 Å². The summed E-state index contributed by atoms with van der Waals surface area (Å²) >= 11 is 3.97. The Morgan fingerprint density at radius 1 is 1.56 bits per heavy atom. The quantitative estimate of drug-likeness (QED) is 0.758. The third-order valence-electron chi connectivity index (χ3n) is 2.68. The van der Waals surface area contributed by atoms with Gasteiger partial charge >= 0.3 is 0 Å². The van der Waals surface area contributed by atoms with Crippen molar-refractivity contribution in [1.82, 2.24) is 5.32 Å². The van der Waals surface area contributed by atoms with Crippen molar-refractivity contribution in [1.29, 1.82) is 0 Å². The second-order valence-electron chi connectivity index (χ2n) is 4.14. The summed E-state index contributed by atoms with van der Waals surface area (Å²) in [5, 5.41) is 3.65. The van der Waals surface area contributed by atoms with Gasteiger partial charge in [0.25, 0.3) is 0 Å². The third kappa shape index (κ3) is 5.46. The molecule has 0 spiro atoms. The minimum Gasteiger partial charge on any atom is -0.355 e.